The summed E-state index contributed by atoms with van der Waals surface area (Å²) in [5.41, 5.74) is 2.63. The minimum Gasteiger partial charge on any atom is -0.478 e. The predicted octanol–water partition coefficient (Wildman–Crippen LogP) is 3.69. The van der Waals surface area contributed by atoms with E-state index in [4.69, 9.17) is 5.11 Å². The molecular weight excluding hydrogens is 308 g/mol. The molecule has 0 saturated carbocycles. The van der Waals surface area contributed by atoms with Crippen molar-refractivity contribution in [3.63, 3.8) is 0 Å². The largest absolute Gasteiger partial charge is 0.478 e. The second kappa shape index (κ2) is 4.51. The molecule has 0 aliphatic heterocycles. The normalized spacial score (nSPS) is 10.8. The molecule has 0 saturated heterocycles. The Labute approximate surface area is 117 Å². The van der Waals surface area contributed by atoms with E-state index in [9.17, 15) is 4.79 Å². The molecule has 0 unspecified atom stereocenters. The maximum absolute atomic E-state index is 11.0. The van der Waals surface area contributed by atoms with E-state index in [0.717, 1.165) is 21.1 Å². The van der Waals surface area contributed by atoms with Crippen LogP contribution in [0.5, 0.6) is 0 Å². The molecule has 2 N–H and O–H groups in total. The Hall–Kier alpha value is -2.14. The molecule has 0 spiro atoms. The van der Waals surface area contributed by atoms with Crippen molar-refractivity contribution in [2.75, 3.05) is 0 Å². The van der Waals surface area contributed by atoms with Crippen LogP contribution in [-0.4, -0.2) is 21.0 Å². The smallest absolute Gasteiger partial charge is 0.335 e. The Bertz CT molecular complexity index is 780. The average Bonchev–Trinajstić information content (AvgIpc) is 2.81. The quantitative estimate of drug-likeness (QED) is 0.757. The number of carboxylic acid groups (broad SMARTS) is 1. The molecule has 3 rings (SSSR count). The number of halogens is 1. The van der Waals surface area contributed by atoms with Gasteiger partial charge in [0, 0.05) is 21.6 Å². The van der Waals surface area contributed by atoms with E-state index in [1.165, 1.54) is 12.3 Å². The molecule has 0 bridgehead atoms. The van der Waals surface area contributed by atoms with Gasteiger partial charge in [0.1, 0.15) is 0 Å². The van der Waals surface area contributed by atoms with Crippen molar-refractivity contribution in [3.8, 4) is 11.4 Å². The van der Waals surface area contributed by atoms with E-state index in [2.05, 4.69) is 25.9 Å². The van der Waals surface area contributed by atoms with Crippen LogP contribution in [0, 0.1) is 0 Å². The fourth-order valence-electron chi connectivity index (χ4n) is 1.95. The minimum atomic E-state index is -0.956. The van der Waals surface area contributed by atoms with Crippen molar-refractivity contribution >= 4 is 32.8 Å². The number of hydrogen-bond acceptors (Lipinski definition) is 2. The van der Waals surface area contributed by atoms with Gasteiger partial charge in [-0.25, -0.2) is 4.79 Å². The molecule has 0 atom stereocenters. The first-order chi connectivity index (χ1) is 9.13. The fraction of sp³-hybridized carbons (Fsp3) is 0. The molecule has 3 aromatic rings. The number of rotatable bonds is 2. The summed E-state index contributed by atoms with van der Waals surface area (Å²) < 4.78 is 0.998. The first-order valence-electron chi connectivity index (χ1n) is 5.61. The lowest BCUT2D eigenvalue weighted by Gasteiger charge is -1.98. The first-order valence-corrected chi connectivity index (χ1v) is 6.41. The summed E-state index contributed by atoms with van der Waals surface area (Å²) in [6.45, 7) is 0. The van der Waals surface area contributed by atoms with Crippen molar-refractivity contribution in [1.82, 2.24) is 9.97 Å². The monoisotopic (exact) mass is 316 g/mol. The van der Waals surface area contributed by atoms with E-state index in [1.54, 1.807) is 6.07 Å². The maximum atomic E-state index is 11.0. The Balaban J connectivity index is 2.13. The van der Waals surface area contributed by atoms with Crippen LogP contribution in [-0.2, 0) is 0 Å². The van der Waals surface area contributed by atoms with Crippen molar-refractivity contribution < 1.29 is 9.90 Å². The number of nitrogens with one attached hydrogen (secondary N) is 1. The van der Waals surface area contributed by atoms with Crippen LogP contribution in [0.4, 0.5) is 0 Å². The molecule has 0 aliphatic carbocycles. The highest BCUT2D eigenvalue weighted by molar-refractivity contribution is 9.10. The molecule has 1 aromatic carbocycles. The number of carbonyl (C=O) groups is 1. The van der Waals surface area contributed by atoms with Gasteiger partial charge in [0.15, 0.2) is 0 Å². The molecule has 0 amide bonds. The molecule has 94 valence electrons. The van der Waals surface area contributed by atoms with E-state index in [1.807, 2.05) is 24.3 Å². The van der Waals surface area contributed by atoms with E-state index >= 15 is 0 Å². The third-order valence-corrected chi connectivity index (χ3v) is 3.36. The lowest BCUT2D eigenvalue weighted by molar-refractivity contribution is 0.0697. The third-order valence-electron chi connectivity index (χ3n) is 2.87. The molecule has 5 heteroatoms. The van der Waals surface area contributed by atoms with E-state index in [0.29, 0.717) is 5.69 Å². The highest BCUT2D eigenvalue weighted by atomic mass is 79.9. The van der Waals surface area contributed by atoms with Gasteiger partial charge < -0.3 is 10.1 Å². The molecule has 2 heterocycles. The summed E-state index contributed by atoms with van der Waals surface area (Å²) in [6.07, 6.45) is 1.50. The number of fused-ring (bicyclic) bond motifs is 1. The van der Waals surface area contributed by atoms with Crippen LogP contribution in [0.15, 0.2) is 47.1 Å². The van der Waals surface area contributed by atoms with Crippen LogP contribution in [0.1, 0.15) is 10.4 Å². The van der Waals surface area contributed by atoms with Gasteiger partial charge in [0.2, 0.25) is 0 Å². The summed E-state index contributed by atoms with van der Waals surface area (Å²) in [6, 6.07) is 10.9. The Morgan fingerprint density at radius 2 is 2.05 bits per heavy atom. The van der Waals surface area contributed by atoms with Crippen molar-refractivity contribution in [3.05, 3.63) is 52.6 Å². The lowest BCUT2D eigenvalue weighted by Crippen LogP contribution is -1.97. The SMILES string of the molecule is O=C(O)c1ccnc(-c2cc3cc(Br)ccc3[nH]2)c1. The molecule has 4 nitrogen and oxygen atoms in total. The summed E-state index contributed by atoms with van der Waals surface area (Å²) in [7, 11) is 0. The number of nitrogens with zero attached hydrogens (tertiary/aromatic N) is 1. The topological polar surface area (TPSA) is 66.0 Å². The number of aromatic amines is 1. The summed E-state index contributed by atoms with van der Waals surface area (Å²) in [5, 5.41) is 10.0. The fourth-order valence-corrected chi connectivity index (χ4v) is 2.33. The van der Waals surface area contributed by atoms with Crippen molar-refractivity contribution in [2.24, 2.45) is 0 Å². The molecule has 0 fully saturated rings. The number of benzene rings is 1. The third kappa shape index (κ3) is 2.24. The van der Waals surface area contributed by atoms with Gasteiger partial charge in [-0.15, -0.1) is 0 Å². The Kier molecular flexibility index (Phi) is 2.83. The van der Waals surface area contributed by atoms with Gasteiger partial charge in [-0.2, -0.15) is 0 Å². The highest BCUT2D eigenvalue weighted by Crippen LogP contribution is 2.25. The summed E-state index contributed by atoms with van der Waals surface area (Å²) in [4.78, 5) is 18.4. The van der Waals surface area contributed by atoms with Gasteiger partial charge in [-0.3, -0.25) is 4.98 Å². The minimum absolute atomic E-state index is 0.227. The number of carboxylic acids is 1. The number of aromatic nitrogens is 2. The molecule has 2 aromatic heterocycles. The maximum Gasteiger partial charge on any atom is 0.335 e. The standard InChI is InChI=1S/C14H9BrN2O2/c15-10-1-2-11-9(5-10)7-13(17-11)12-6-8(14(18)19)3-4-16-12/h1-7,17H,(H,18,19). The van der Waals surface area contributed by atoms with Gasteiger partial charge in [0.25, 0.3) is 0 Å². The van der Waals surface area contributed by atoms with Crippen LogP contribution in [0.3, 0.4) is 0 Å². The molecule has 0 radical (unpaired) electrons. The lowest BCUT2D eigenvalue weighted by atomic mass is 10.2. The first kappa shape index (κ1) is 11.9. The molecule has 0 aliphatic rings. The zero-order valence-corrected chi connectivity index (χ0v) is 11.3. The highest BCUT2D eigenvalue weighted by Gasteiger charge is 2.08. The van der Waals surface area contributed by atoms with Crippen LogP contribution in [0.2, 0.25) is 0 Å². The van der Waals surface area contributed by atoms with Crippen LogP contribution >= 0.6 is 15.9 Å². The molecule has 19 heavy (non-hydrogen) atoms. The van der Waals surface area contributed by atoms with Gasteiger partial charge in [-0.1, -0.05) is 15.9 Å². The van der Waals surface area contributed by atoms with E-state index < -0.39 is 5.97 Å². The second-order valence-corrected chi connectivity index (χ2v) is 5.07. The Morgan fingerprint density at radius 3 is 2.84 bits per heavy atom. The van der Waals surface area contributed by atoms with Crippen molar-refractivity contribution in [2.45, 2.75) is 0 Å². The summed E-state index contributed by atoms with van der Waals surface area (Å²) >= 11 is 3.42. The zero-order valence-electron chi connectivity index (χ0n) is 9.72. The number of hydrogen-bond donors (Lipinski definition) is 2. The number of pyridine rings is 1. The zero-order chi connectivity index (χ0) is 13.4. The van der Waals surface area contributed by atoms with Gasteiger partial charge in [-0.05, 0) is 36.4 Å². The van der Waals surface area contributed by atoms with Crippen molar-refractivity contribution in [1.29, 1.82) is 0 Å². The van der Waals surface area contributed by atoms with E-state index in [-0.39, 0.29) is 5.56 Å². The predicted molar refractivity (Wildman–Crippen MR) is 76.2 cm³/mol. The number of aromatic carboxylic acids is 1. The van der Waals surface area contributed by atoms with Gasteiger partial charge in [0.05, 0.1) is 17.0 Å². The number of H-pyrrole nitrogens is 1. The Morgan fingerprint density at radius 1 is 1.21 bits per heavy atom. The van der Waals surface area contributed by atoms with Crippen LogP contribution in [0.25, 0.3) is 22.3 Å². The second-order valence-electron chi connectivity index (χ2n) is 4.15. The summed E-state index contributed by atoms with van der Waals surface area (Å²) in [5.74, 6) is -0.956. The van der Waals surface area contributed by atoms with Crippen LogP contribution < -0.4 is 0 Å². The molecular formula is C14H9BrN2O2. The van der Waals surface area contributed by atoms with Gasteiger partial charge >= 0.3 is 5.97 Å². The average molecular weight is 317 g/mol.